The molecule has 4 heteroatoms. The highest BCUT2D eigenvalue weighted by Crippen LogP contribution is 2.27. The van der Waals surface area contributed by atoms with E-state index in [-0.39, 0.29) is 12.7 Å². The van der Waals surface area contributed by atoms with E-state index in [0.717, 1.165) is 5.69 Å². The van der Waals surface area contributed by atoms with Crippen molar-refractivity contribution in [2.45, 2.75) is 20.0 Å². The molecule has 0 bridgehead atoms. The van der Waals surface area contributed by atoms with Gasteiger partial charge in [-0.25, -0.2) is 0 Å². The van der Waals surface area contributed by atoms with Gasteiger partial charge >= 0.3 is 0 Å². The summed E-state index contributed by atoms with van der Waals surface area (Å²) in [5, 5.41) is 8.87. The van der Waals surface area contributed by atoms with E-state index in [0.29, 0.717) is 18.0 Å². The third-order valence-electron chi connectivity index (χ3n) is 2.24. The Morgan fingerprint density at radius 2 is 2.12 bits per heavy atom. The van der Waals surface area contributed by atoms with Crippen molar-refractivity contribution in [3.05, 3.63) is 18.2 Å². The van der Waals surface area contributed by atoms with Crippen molar-refractivity contribution < 1.29 is 9.84 Å². The number of likely N-dealkylation sites (N-methyl/N-ethyl adjacent to an activating group) is 1. The van der Waals surface area contributed by atoms with Gasteiger partial charge in [0, 0.05) is 25.3 Å². The van der Waals surface area contributed by atoms with Crippen LogP contribution < -0.4 is 15.4 Å². The van der Waals surface area contributed by atoms with Gasteiger partial charge in [-0.3, -0.25) is 0 Å². The second-order valence-electron chi connectivity index (χ2n) is 4.03. The van der Waals surface area contributed by atoms with E-state index in [2.05, 4.69) is 0 Å². The van der Waals surface area contributed by atoms with Crippen LogP contribution in [0.15, 0.2) is 18.2 Å². The summed E-state index contributed by atoms with van der Waals surface area (Å²) in [6, 6.07) is 5.63. The highest BCUT2D eigenvalue weighted by atomic mass is 16.5. The molecule has 0 saturated heterocycles. The summed E-state index contributed by atoms with van der Waals surface area (Å²) in [6.45, 7) is 4.64. The maximum atomic E-state index is 8.87. The summed E-state index contributed by atoms with van der Waals surface area (Å²) in [5.41, 5.74) is 7.44. The maximum absolute atomic E-state index is 8.87. The molecule has 0 spiro atoms. The number of hydrogen-bond donors (Lipinski definition) is 2. The zero-order chi connectivity index (χ0) is 12.1. The lowest BCUT2D eigenvalue weighted by molar-refractivity contribution is 0.244. The molecule has 1 aromatic rings. The zero-order valence-electron chi connectivity index (χ0n) is 10.1. The monoisotopic (exact) mass is 224 g/mol. The van der Waals surface area contributed by atoms with Crippen LogP contribution in [0.3, 0.4) is 0 Å². The van der Waals surface area contributed by atoms with Gasteiger partial charge in [0.05, 0.1) is 18.4 Å². The Hall–Kier alpha value is -1.42. The molecule has 0 aliphatic carbocycles. The molecule has 0 heterocycles. The van der Waals surface area contributed by atoms with Gasteiger partial charge in [0.1, 0.15) is 5.75 Å². The summed E-state index contributed by atoms with van der Waals surface area (Å²) in [6.07, 6.45) is 0.0979. The van der Waals surface area contributed by atoms with Crippen LogP contribution in [0.4, 0.5) is 11.4 Å². The van der Waals surface area contributed by atoms with E-state index in [1.807, 2.05) is 44.0 Å². The minimum Gasteiger partial charge on any atom is -0.489 e. The molecule has 1 rings (SSSR count). The molecule has 0 unspecified atom stereocenters. The molecule has 1 aromatic carbocycles. The Balaban J connectivity index is 2.88. The number of benzene rings is 1. The molecule has 0 radical (unpaired) electrons. The molecule has 16 heavy (non-hydrogen) atoms. The largest absolute Gasteiger partial charge is 0.489 e. The smallest absolute Gasteiger partial charge is 0.144 e. The average Bonchev–Trinajstić information content (AvgIpc) is 2.21. The van der Waals surface area contributed by atoms with Crippen LogP contribution in [0.5, 0.6) is 5.75 Å². The van der Waals surface area contributed by atoms with Crippen molar-refractivity contribution in [3.63, 3.8) is 0 Å². The molecule has 4 nitrogen and oxygen atoms in total. The molecule has 0 fully saturated rings. The molecule has 3 N–H and O–H groups in total. The first-order chi connectivity index (χ1) is 7.54. The molecule has 0 saturated carbocycles. The Labute approximate surface area is 96.6 Å². The van der Waals surface area contributed by atoms with Crippen LogP contribution in [-0.4, -0.2) is 31.4 Å². The number of nitrogens with zero attached hydrogens (tertiary/aromatic N) is 1. The fourth-order valence-electron chi connectivity index (χ4n) is 1.40. The van der Waals surface area contributed by atoms with E-state index in [9.17, 15) is 0 Å². The van der Waals surface area contributed by atoms with Crippen LogP contribution >= 0.6 is 0 Å². The van der Waals surface area contributed by atoms with Gasteiger partial charge in [0.15, 0.2) is 0 Å². The van der Waals surface area contributed by atoms with E-state index in [1.165, 1.54) is 0 Å². The SMILES string of the molecule is CC(C)Oc1cc(N(C)CCO)ccc1N. The van der Waals surface area contributed by atoms with Gasteiger partial charge in [-0.2, -0.15) is 0 Å². The molecule has 0 amide bonds. The zero-order valence-corrected chi connectivity index (χ0v) is 10.1. The predicted molar refractivity (Wildman–Crippen MR) is 67.0 cm³/mol. The number of anilines is 2. The number of aliphatic hydroxyl groups excluding tert-OH is 1. The summed E-state index contributed by atoms with van der Waals surface area (Å²) in [7, 11) is 1.92. The minimum absolute atomic E-state index is 0.0979. The highest BCUT2D eigenvalue weighted by molar-refractivity contribution is 5.62. The minimum atomic E-state index is 0.0979. The number of nitrogen functional groups attached to an aromatic ring is 1. The first kappa shape index (κ1) is 12.6. The Morgan fingerprint density at radius 1 is 1.44 bits per heavy atom. The van der Waals surface area contributed by atoms with E-state index in [1.54, 1.807) is 0 Å². The van der Waals surface area contributed by atoms with Crippen molar-refractivity contribution in [1.29, 1.82) is 0 Å². The lowest BCUT2D eigenvalue weighted by Crippen LogP contribution is -2.21. The van der Waals surface area contributed by atoms with Crippen LogP contribution in [0.2, 0.25) is 0 Å². The molecule has 90 valence electrons. The predicted octanol–water partition coefficient (Wildman–Crippen LogP) is 1.48. The van der Waals surface area contributed by atoms with Gasteiger partial charge in [0.25, 0.3) is 0 Å². The quantitative estimate of drug-likeness (QED) is 0.744. The molecule has 0 aromatic heterocycles. The highest BCUT2D eigenvalue weighted by Gasteiger charge is 2.07. The van der Waals surface area contributed by atoms with Crippen molar-refractivity contribution in [3.8, 4) is 5.75 Å². The molecule has 0 aliphatic heterocycles. The topological polar surface area (TPSA) is 58.7 Å². The van der Waals surface area contributed by atoms with Crippen LogP contribution in [0, 0.1) is 0 Å². The Morgan fingerprint density at radius 3 is 2.69 bits per heavy atom. The Bertz CT molecular complexity index is 340. The summed E-state index contributed by atoms with van der Waals surface area (Å²) in [4.78, 5) is 1.95. The van der Waals surface area contributed by atoms with Crippen molar-refractivity contribution >= 4 is 11.4 Å². The van der Waals surface area contributed by atoms with Crippen molar-refractivity contribution in [2.24, 2.45) is 0 Å². The number of aliphatic hydroxyl groups is 1. The van der Waals surface area contributed by atoms with Crippen molar-refractivity contribution in [1.82, 2.24) is 0 Å². The average molecular weight is 224 g/mol. The van der Waals surface area contributed by atoms with Crippen molar-refractivity contribution in [2.75, 3.05) is 30.8 Å². The van der Waals surface area contributed by atoms with Gasteiger partial charge in [-0.05, 0) is 26.0 Å². The molecular formula is C12H20N2O2. The van der Waals surface area contributed by atoms with E-state index >= 15 is 0 Å². The van der Waals surface area contributed by atoms with Gasteiger partial charge < -0.3 is 20.5 Å². The molecule has 0 aliphatic rings. The molecular weight excluding hydrogens is 204 g/mol. The third-order valence-corrected chi connectivity index (χ3v) is 2.24. The molecule has 0 atom stereocenters. The van der Waals surface area contributed by atoms with Crippen LogP contribution in [0.1, 0.15) is 13.8 Å². The first-order valence-corrected chi connectivity index (χ1v) is 5.42. The lowest BCUT2D eigenvalue weighted by atomic mass is 10.2. The first-order valence-electron chi connectivity index (χ1n) is 5.42. The van der Waals surface area contributed by atoms with Gasteiger partial charge in [-0.1, -0.05) is 0 Å². The van der Waals surface area contributed by atoms with Crippen LogP contribution in [-0.2, 0) is 0 Å². The van der Waals surface area contributed by atoms with Gasteiger partial charge in [0.2, 0.25) is 0 Å². The number of rotatable bonds is 5. The summed E-state index contributed by atoms with van der Waals surface area (Å²) in [5.74, 6) is 0.692. The summed E-state index contributed by atoms with van der Waals surface area (Å²) >= 11 is 0. The van der Waals surface area contributed by atoms with E-state index < -0.39 is 0 Å². The van der Waals surface area contributed by atoms with E-state index in [4.69, 9.17) is 15.6 Å². The Kier molecular flexibility index (Phi) is 4.43. The lowest BCUT2D eigenvalue weighted by Gasteiger charge is -2.20. The second kappa shape index (κ2) is 5.61. The van der Waals surface area contributed by atoms with Gasteiger partial charge in [-0.15, -0.1) is 0 Å². The summed E-state index contributed by atoms with van der Waals surface area (Å²) < 4.78 is 5.60. The third kappa shape index (κ3) is 3.31. The number of ether oxygens (including phenoxy) is 1. The standard InChI is InChI=1S/C12H20N2O2/c1-9(2)16-12-8-10(4-5-11(12)13)14(3)6-7-15/h4-5,8-9,15H,6-7,13H2,1-3H3. The number of hydrogen-bond acceptors (Lipinski definition) is 4. The maximum Gasteiger partial charge on any atom is 0.144 e. The normalized spacial score (nSPS) is 10.6. The fraction of sp³-hybridized carbons (Fsp3) is 0.500. The van der Waals surface area contributed by atoms with Crippen LogP contribution in [0.25, 0.3) is 0 Å². The number of nitrogens with two attached hydrogens (primary N) is 1. The fourth-order valence-corrected chi connectivity index (χ4v) is 1.40. The second-order valence-corrected chi connectivity index (χ2v) is 4.03.